The number of amides is 1. The van der Waals surface area contributed by atoms with Crippen molar-refractivity contribution in [2.45, 2.75) is 52.1 Å². The number of nitrogens with one attached hydrogen (secondary N) is 2. The van der Waals surface area contributed by atoms with E-state index in [1.807, 2.05) is 18.2 Å². The Labute approximate surface area is 129 Å². The first-order valence-corrected chi connectivity index (χ1v) is 8.13. The minimum absolute atomic E-state index is 0.0441. The lowest BCUT2D eigenvalue weighted by atomic mass is 10.0. The Morgan fingerprint density at radius 3 is 2.75 bits per heavy atom. The molecular formula is C16H23BrN2O. The van der Waals surface area contributed by atoms with Gasteiger partial charge in [-0.25, -0.2) is 0 Å². The molecule has 1 aromatic rings. The maximum atomic E-state index is 12.1. The highest BCUT2D eigenvalue weighted by atomic mass is 79.9. The molecule has 0 aliphatic carbocycles. The Morgan fingerprint density at radius 1 is 1.30 bits per heavy atom. The maximum Gasteiger partial charge on any atom is 0.246 e. The number of hydrogen-bond donors (Lipinski definition) is 2. The fourth-order valence-electron chi connectivity index (χ4n) is 2.63. The molecule has 1 aromatic carbocycles. The quantitative estimate of drug-likeness (QED) is 0.814. The van der Waals surface area contributed by atoms with Gasteiger partial charge in [-0.15, -0.1) is 0 Å². The van der Waals surface area contributed by atoms with Crippen molar-refractivity contribution in [3.8, 4) is 0 Å². The van der Waals surface area contributed by atoms with E-state index in [1.165, 1.54) is 12.8 Å². The fourth-order valence-corrected chi connectivity index (χ4v) is 3.23. The van der Waals surface area contributed by atoms with Crippen molar-refractivity contribution >= 4 is 27.5 Å². The van der Waals surface area contributed by atoms with Gasteiger partial charge in [-0.1, -0.05) is 48.7 Å². The lowest BCUT2D eigenvalue weighted by Crippen LogP contribution is -2.34. The Balaban J connectivity index is 1.98. The van der Waals surface area contributed by atoms with E-state index in [9.17, 15) is 4.79 Å². The van der Waals surface area contributed by atoms with Crippen molar-refractivity contribution in [1.29, 1.82) is 0 Å². The molecule has 0 bridgehead atoms. The van der Waals surface area contributed by atoms with E-state index in [2.05, 4.69) is 47.3 Å². The van der Waals surface area contributed by atoms with E-state index in [-0.39, 0.29) is 11.9 Å². The van der Waals surface area contributed by atoms with Crippen LogP contribution in [-0.4, -0.2) is 11.9 Å². The van der Waals surface area contributed by atoms with Crippen LogP contribution < -0.4 is 10.6 Å². The number of carbonyl (C=O) groups is 1. The number of anilines is 1. The lowest BCUT2D eigenvalue weighted by molar-refractivity contribution is -0.117. The molecule has 0 saturated carbocycles. The van der Waals surface area contributed by atoms with Gasteiger partial charge < -0.3 is 5.32 Å². The van der Waals surface area contributed by atoms with Gasteiger partial charge in [0.25, 0.3) is 0 Å². The van der Waals surface area contributed by atoms with Crippen LogP contribution in [0.5, 0.6) is 0 Å². The molecule has 1 heterocycles. The van der Waals surface area contributed by atoms with Gasteiger partial charge in [0.1, 0.15) is 6.04 Å². The molecule has 1 aliphatic heterocycles. The van der Waals surface area contributed by atoms with Crippen LogP contribution in [0.1, 0.15) is 51.6 Å². The average Bonchev–Trinajstić information content (AvgIpc) is 2.66. The van der Waals surface area contributed by atoms with Gasteiger partial charge in [0.2, 0.25) is 5.91 Å². The van der Waals surface area contributed by atoms with Crippen LogP contribution in [0.4, 0.5) is 5.69 Å². The van der Waals surface area contributed by atoms with E-state index in [0.717, 1.165) is 28.1 Å². The van der Waals surface area contributed by atoms with Crippen LogP contribution >= 0.6 is 15.9 Å². The Morgan fingerprint density at radius 2 is 2.05 bits per heavy atom. The van der Waals surface area contributed by atoms with Crippen molar-refractivity contribution in [2.75, 3.05) is 5.32 Å². The molecule has 1 aliphatic rings. The van der Waals surface area contributed by atoms with Gasteiger partial charge in [-0.05, 0) is 31.4 Å². The number of halogens is 1. The second-order valence-corrected chi connectivity index (χ2v) is 6.87. The molecule has 3 nitrogen and oxygen atoms in total. The second kappa shape index (κ2) is 6.72. The molecule has 0 spiro atoms. The monoisotopic (exact) mass is 338 g/mol. The highest BCUT2D eigenvalue weighted by Gasteiger charge is 2.32. The molecule has 0 radical (unpaired) electrons. The van der Waals surface area contributed by atoms with E-state index < -0.39 is 0 Å². The summed E-state index contributed by atoms with van der Waals surface area (Å²) in [6.07, 6.45) is 3.54. The summed E-state index contributed by atoms with van der Waals surface area (Å²) in [6.45, 7) is 6.65. The molecule has 110 valence electrons. The van der Waals surface area contributed by atoms with Gasteiger partial charge in [0.15, 0.2) is 0 Å². The van der Waals surface area contributed by atoms with Gasteiger partial charge >= 0.3 is 0 Å². The van der Waals surface area contributed by atoms with Crippen LogP contribution in [0.15, 0.2) is 22.7 Å². The molecule has 2 rings (SSSR count). The van der Waals surface area contributed by atoms with Crippen LogP contribution in [-0.2, 0) is 4.79 Å². The van der Waals surface area contributed by atoms with E-state index in [4.69, 9.17) is 0 Å². The average molecular weight is 339 g/mol. The molecule has 4 heteroatoms. The van der Waals surface area contributed by atoms with Crippen molar-refractivity contribution in [3.05, 3.63) is 28.2 Å². The highest BCUT2D eigenvalue weighted by molar-refractivity contribution is 9.10. The maximum absolute atomic E-state index is 12.1. The van der Waals surface area contributed by atoms with Gasteiger partial charge in [-0.3, -0.25) is 10.1 Å². The topological polar surface area (TPSA) is 41.1 Å². The highest BCUT2D eigenvalue weighted by Crippen LogP contribution is 2.36. The van der Waals surface area contributed by atoms with Crippen LogP contribution in [0, 0.1) is 5.92 Å². The summed E-state index contributed by atoms with van der Waals surface area (Å²) in [6, 6.07) is 5.97. The normalized spacial score (nSPS) is 19.1. The first kappa shape index (κ1) is 15.5. The molecular weight excluding hydrogens is 316 g/mol. The summed E-state index contributed by atoms with van der Waals surface area (Å²) < 4.78 is 0.986. The smallest absolute Gasteiger partial charge is 0.246 e. The molecule has 0 fully saturated rings. The predicted molar refractivity (Wildman–Crippen MR) is 86.8 cm³/mol. The summed E-state index contributed by atoms with van der Waals surface area (Å²) in [5.41, 5.74) is 1.95. The standard InChI is InChI=1S/C16H23BrN2O/c1-10(2)6-4-7-11(3)18-15-14-12(17)8-5-9-13(14)19-16(15)20/h5,8-11,15,18H,4,6-7H2,1-3H3,(H,19,20). The van der Waals surface area contributed by atoms with Crippen LogP contribution in [0.3, 0.4) is 0 Å². The molecule has 1 amide bonds. The molecule has 0 aromatic heterocycles. The zero-order valence-corrected chi connectivity index (χ0v) is 14.0. The number of hydrogen-bond acceptors (Lipinski definition) is 2. The number of benzene rings is 1. The van der Waals surface area contributed by atoms with Crippen molar-refractivity contribution in [1.82, 2.24) is 5.32 Å². The molecule has 2 atom stereocenters. The molecule has 2 N–H and O–H groups in total. The van der Waals surface area contributed by atoms with Gasteiger partial charge in [-0.2, -0.15) is 0 Å². The third-order valence-corrected chi connectivity index (χ3v) is 4.42. The minimum atomic E-state index is -0.241. The zero-order valence-electron chi connectivity index (χ0n) is 12.4. The van der Waals surface area contributed by atoms with Gasteiger partial charge in [0.05, 0.1) is 0 Å². The second-order valence-electron chi connectivity index (χ2n) is 6.02. The SMILES string of the molecule is CC(C)CCCC(C)NC1C(=O)Nc2cccc(Br)c21. The number of rotatable bonds is 6. The predicted octanol–water partition coefficient (Wildman–Crippen LogP) is 4.25. The lowest BCUT2D eigenvalue weighted by Gasteiger charge is -2.19. The fraction of sp³-hybridized carbons (Fsp3) is 0.562. The van der Waals surface area contributed by atoms with Crippen molar-refractivity contribution in [2.24, 2.45) is 5.92 Å². The molecule has 2 unspecified atom stereocenters. The molecule has 20 heavy (non-hydrogen) atoms. The summed E-state index contributed by atoms with van der Waals surface area (Å²) in [5, 5.41) is 6.39. The summed E-state index contributed by atoms with van der Waals surface area (Å²) in [4.78, 5) is 12.1. The molecule has 0 saturated heterocycles. The van der Waals surface area contributed by atoms with Crippen LogP contribution in [0.25, 0.3) is 0 Å². The first-order chi connectivity index (χ1) is 9.49. The van der Waals surface area contributed by atoms with Crippen molar-refractivity contribution in [3.63, 3.8) is 0 Å². The summed E-state index contributed by atoms with van der Waals surface area (Å²) in [7, 11) is 0. The third kappa shape index (κ3) is 3.61. The number of carbonyl (C=O) groups excluding carboxylic acids is 1. The first-order valence-electron chi connectivity index (χ1n) is 7.34. The summed E-state index contributed by atoms with van der Waals surface area (Å²) in [5.74, 6) is 0.787. The van der Waals surface area contributed by atoms with Crippen molar-refractivity contribution < 1.29 is 4.79 Å². The van der Waals surface area contributed by atoms with Gasteiger partial charge in [0, 0.05) is 21.8 Å². The summed E-state index contributed by atoms with van der Waals surface area (Å²) >= 11 is 3.54. The Bertz CT molecular complexity index is 487. The third-order valence-electron chi connectivity index (χ3n) is 3.73. The van der Waals surface area contributed by atoms with E-state index >= 15 is 0 Å². The Kier molecular flexibility index (Phi) is 5.22. The Hall–Kier alpha value is -0.870. The number of fused-ring (bicyclic) bond motifs is 1. The van der Waals surface area contributed by atoms with E-state index in [1.54, 1.807) is 0 Å². The largest absolute Gasteiger partial charge is 0.324 e. The van der Waals surface area contributed by atoms with Crippen LogP contribution in [0.2, 0.25) is 0 Å². The zero-order chi connectivity index (χ0) is 14.7. The minimum Gasteiger partial charge on any atom is -0.324 e. The van der Waals surface area contributed by atoms with E-state index in [0.29, 0.717) is 6.04 Å².